The first-order chi connectivity index (χ1) is 16.0. The van der Waals surface area contributed by atoms with Crippen molar-refractivity contribution in [1.82, 2.24) is 0 Å². The van der Waals surface area contributed by atoms with Gasteiger partial charge in [0.15, 0.2) is 0 Å². The van der Waals surface area contributed by atoms with Crippen molar-refractivity contribution in [3.8, 4) is 6.07 Å². The fourth-order valence-corrected chi connectivity index (χ4v) is 5.16. The first-order valence-electron chi connectivity index (χ1n) is 9.97. The molecular formula is C25H17BrClN3O2S. The summed E-state index contributed by atoms with van der Waals surface area (Å²) >= 11 is 10.7. The average molecular weight is 539 g/mol. The van der Waals surface area contributed by atoms with E-state index in [-0.39, 0.29) is 11.5 Å². The number of thioether (sulfide) groups is 1. The summed E-state index contributed by atoms with van der Waals surface area (Å²) < 4.78 is 0.951. The van der Waals surface area contributed by atoms with Gasteiger partial charge in [0.05, 0.1) is 5.25 Å². The molecule has 1 atom stereocenters. The number of hydrogen-bond acceptors (Lipinski definition) is 4. The summed E-state index contributed by atoms with van der Waals surface area (Å²) in [5, 5.41) is 12.9. The van der Waals surface area contributed by atoms with Crippen molar-refractivity contribution in [3.05, 3.63) is 105 Å². The first-order valence-corrected chi connectivity index (χ1v) is 12.0. The van der Waals surface area contributed by atoms with Crippen LogP contribution in [-0.2, 0) is 16.0 Å². The van der Waals surface area contributed by atoms with E-state index in [1.165, 1.54) is 16.7 Å². The third-order valence-electron chi connectivity index (χ3n) is 4.94. The molecule has 33 heavy (non-hydrogen) atoms. The monoisotopic (exact) mass is 537 g/mol. The fourth-order valence-electron chi connectivity index (χ4n) is 3.39. The lowest BCUT2D eigenvalue weighted by Gasteiger charge is -2.18. The molecule has 1 N–H and O–H groups in total. The first kappa shape index (κ1) is 23.1. The number of rotatable bonds is 5. The van der Waals surface area contributed by atoms with Crippen molar-refractivity contribution in [2.75, 3.05) is 10.2 Å². The van der Waals surface area contributed by atoms with Crippen LogP contribution in [0.1, 0.15) is 5.56 Å². The van der Waals surface area contributed by atoms with Crippen LogP contribution >= 0.6 is 39.3 Å². The molecular weight excluding hydrogens is 522 g/mol. The third-order valence-corrected chi connectivity index (χ3v) is 6.96. The van der Waals surface area contributed by atoms with Crippen molar-refractivity contribution < 1.29 is 9.59 Å². The van der Waals surface area contributed by atoms with Gasteiger partial charge in [0, 0.05) is 20.9 Å². The zero-order valence-corrected chi connectivity index (χ0v) is 20.3. The highest BCUT2D eigenvalue weighted by Crippen LogP contribution is 2.42. The Hall–Kier alpha value is -3.05. The number of para-hydroxylation sites is 1. The molecule has 0 unspecified atom stereocenters. The van der Waals surface area contributed by atoms with Gasteiger partial charge in [-0.2, -0.15) is 5.26 Å². The molecule has 3 aromatic rings. The van der Waals surface area contributed by atoms with Crippen LogP contribution in [0.25, 0.3) is 0 Å². The zero-order chi connectivity index (χ0) is 23.4. The number of hydrogen-bond donors (Lipinski definition) is 1. The molecule has 164 valence electrons. The highest BCUT2D eigenvalue weighted by Gasteiger charge is 2.40. The molecule has 8 heteroatoms. The molecule has 0 aliphatic carbocycles. The Morgan fingerprint density at radius 1 is 1.09 bits per heavy atom. The van der Waals surface area contributed by atoms with Gasteiger partial charge < -0.3 is 5.32 Å². The second kappa shape index (κ2) is 10.3. The summed E-state index contributed by atoms with van der Waals surface area (Å²) in [6, 6.07) is 25.4. The Labute approximate surface area is 209 Å². The highest BCUT2D eigenvalue weighted by atomic mass is 79.9. The number of amides is 2. The fraction of sp³-hybridized carbons (Fsp3) is 0.0800. The normalized spacial score (nSPS) is 16.9. The van der Waals surface area contributed by atoms with Crippen LogP contribution in [-0.4, -0.2) is 17.1 Å². The highest BCUT2D eigenvalue weighted by molar-refractivity contribution is 9.10. The Morgan fingerprint density at radius 2 is 1.82 bits per heavy atom. The van der Waals surface area contributed by atoms with Crippen LogP contribution in [0.4, 0.5) is 11.4 Å². The second-order valence-electron chi connectivity index (χ2n) is 7.20. The van der Waals surface area contributed by atoms with Gasteiger partial charge in [-0.1, -0.05) is 75.7 Å². The van der Waals surface area contributed by atoms with Crippen LogP contribution in [0.3, 0.4) is 0 Å². The molecule has 4 rings (SSSR count). The summed E-state index contributed by atoms with van der Waals surface area (Å²) in [6.07, 6.45) is 0.470. The molecule has 1 aliphatic heterocycles. The van der Waals surface area contributed by atoms with E-state index in [9.17, 15) is 14.9 Å². The largest absolute Gasteiger partial charge is 0.321 e. The van der Waals surface area contributed by atoms with Crippen molar-refractivity contribution >= 4 is 62.5 Å². The summed E-state index contributed by atoms with van der Waals surface area (Å²) in [4.78, 5) is 27.9. The van der Waals surface area contributed by atoms with Crippen LogP contribution < -0.4 is 10.2 Å². The van der Waals surface area contributed by atoms with Crippen molar-refractivity contribution in [3.63, 3.8) is 0 Å². The van der Waals surface area contributed by atoms with Crippen molar-refractivity contribution in [2.45, 2.75) is 11.7 Å². The van der Waals surface area contributed by atoms with E-state index in [1.54, 1.807) is 36.4 Å². The molecule has 0 bridgehead atoms. The van der Waals surface area contributed by atoms with Crippen LogP contribution in [0, 0.1) is 11.3 Å². The number of nitrogens with one attached hydrogen (secondary N) is 1. The molecule has 1 saturated heterocycles. The molecule has 0 radical (unpaired) electrons. The lowest BCUT2D eigenvalue weighted by atomic mass is 10.1. The molecule has 2 amide bonds. The van der Waals surface area contributed by atoms with Gasteiger partial charge in [-0.05, 0) is 54.4 Å². The van der Waals surface area contributed by atoms with Gasteiger partial charge in [-0.15, -0.1) is 0 Å². The third kappa shape index (κ3) is 5.31. The zero-order valence-electron chi connectivity index (χ0n) is 17.2. The minimum atomic E-state index is -0.597. The Kier molecular flexibility index (Phi) is 7.19. The molecule has 1 aliphatic rings. The van der Waals surface area contributed by atoms with Gasteiger partial charge in [-0.25, -0.2) is 0 Å². The number of nitriles is 1. The van der Waals surface area contributed by atoms with Gasteiger partial charge in [0.1, 0.15) is 16.7 Å². The van der Waals surface area contributed by atoms with E-state index in [2.05, 4.69) is 21.2 Å². The molecule has 0 saturated carbocycles. The van der Waals surface area contributed by atoms with Crippen LogP contribution in [0.2, 0.25) is 5.02 Å². The lowest BCUT2D eigenvalue weighted by Crippen LogP contribution is -2.30. The Bertz CT molecular complexity index is 1270. The maximum atomic E-state index is 13.4. The van der Waals surface area contributed by atoms with Crippen LogP contribution in [0.15, 0.2) is 93.9 Å². The summed E-state index contributed by atoms with van der Waals surface area (Å²) in [7, 11) is 0. The molecule has 5 nitrogen and oxygen atoms in total. The van der Waals surface area contributed by atoms with Gasteiger partial charge in [0.25, 0.3) is 5.91 Å². The molecule has 0 aromatic heterocycles. The van der Waals surface area contributed by atoms with Crippen molar-refractivity contribution in [1.29, 1.82) is 5.26 Å². The Morgan fingerprint density at radius 3 is 2.48 bits per heavy atom. The number of carbonyl (C=O) groups is 2. The lowest BCUT2D eigenvalue weighted by molar-refractivity contribution is -0.117. The van der Waals surface area contributed by atoms with Gasteiger partial charge in [0.2, 0.25) is 5.91 Å². The number of nitrogens with zero attached hydrogens (tertiary/aromatic N) is 2. The van der Waals surface area contributed by atoms with E-state index in [0.717, 1.165) is 10.0 Å². The molecule has 1 heterocycles. The Balaban J connectivity index is 1.71. The topological polar surface area (TPSA) is 73.2 Å². The predicted molar refractivity (Wildman–Crippen MR) is 136 cm³/mol. The number of benzene rings is 3. The minimum absolute atomic E-state index is 0.129. The van der Waals surface area contributed by atoms with Gasteiger partial charge >= 0.3 is 0 Å². The summed E-state index contributed by atoms with van der Waals surface area (Å²) in [5.41, 5.74) is 1.93. The number of halogens is 2. The van der Waals surface area contributed by atoms with E-state index in [0.29, 0.717) is 27.8 Å². The van der Waals surface area contributed by atoms with E-state index < -0.39 is 11.2 Å². The maximum absolute atomic E-state index is 13.4. The smallest absolute Gasteiger partial charge is 0.269 e. The quantitative estimate of drug-likeness (QED) is 0.312. The van der Waals surface area contributed by atoms with E-state index in [1.807, 2.05) is 48.5 Å². The SMILES string of the molecule is N#C/C(C(=O)Nc1cccc(Cl)c1)=C1/S[C@H](Cc2ccc(Br)cc2)C(=O)N1c1ccccc1. The molecule has 0 spiro atoms. The predicted octanol–water partition coefficient (Wildman–Crippen LogP) is 6.17. The second-order valence-corrected chi connectivity index (χ2v) is 9.75. The van der Waals surface area contributed by atoms with Crippen LogP contribution in [0.5, 0.6) is 0 Å². The number of anilines is 2. The maximum Gasteiger partial charge on any atom is 0.269 e. The summed E-state index contributed by atoms with van der Waals surface area (Å²) in [5.74, 6) is -0.771. The minimum Gasteiger partial charge on any atom is -0.321 e. The van der Waals surface area contributed by atoms with E-state index in [4.69, 9.17) is 11.6 Å². The number of carbonyl (C=O) groups excluding carboxylic acids is 2. The van der Waals surface area contributed by atoms with Gasteiger partial charge in [-0.3, -0.25) is 14.5 Å². The van der Waals surface area contributed by atoms with E-state index >= 15 is 0 Å². The molecule has 1 fully saturated rings. The standard InChI is InChI=1S/C25H17BrClN3O2S/c26-17-11-9-16(10-12-17)13-22-24(32)30(20-7-2-1-3-8-20)25(33-22)21(15-28)23(31)29-19-6-4-5-18(27)14-19/h1-12,14,22H,13H2,(H,29,31)/b25-21-/t22-/m1/s1. The average Bonchev–Trinajstić information content (AvgIpc) is 3.12. The molecule has 3 aromatic carbocycles. The summed E-state index contributed by atoms with van der Waals surface area (Å²) in [6.45, 7) is 0. The van der Waals surface area contributed by atoms with Crippen molar-refractivity contribution in [2.24, 2.45) is 0 Å².